The van der Waals surface area contributed by atoms with Crippen molar-refractivity contribution >= 4 is 61.1 Å². The Bertz CT molecular complexity index is 1270. The van der Waals surface area contributed by atoms with E-state index in [0.29, 0.717) is 20.3 Å². The van der Waals surface area contributed by atoms with Gasteiger partial charge in [0.2, 0.25) is 0 Å². The number of hydrogen-bond acceptors (Lipinski definition) is 8. The van der Waals surface area contributed by atoms with E-state index in [0.717, 1.165) is 0 Å². The van der Waals surface area contributed by atoms with Crippen molar-refractivity contribution in [3.63, 3.8) is 0 Å². The van der Waals surface area contributed by atoms with Crippen LogP contribution in [0, 0.1) is 11.3 Å². The molecule has 1 unspecified atom stereocenters. The molecule has 2 aromatic carbocycles. The summed E-state index contributed by atoms with van der Waals surface area (Å²) in [6, 6.07) is 12.3. The Morgan fingerprint density at radius 3 is 2.26 bits per heavy atom. The molecule has 0 saturated carbocycles. The number of benzene rings is 2. The molecule has 0 aromatic heterocycles. The highest BCUT2D eigenvalue weighted by atomic mass is 79.9. The summed E-state index contributed by atoms with van der Waals surface area (Å²) in [5, 5.41) is 10.3. The van der Waals surface area contributed by atoms with E-state index in [1.807, 2.05) is 0 Å². The molecule has 0 radical (unpaired) electrons. The van der Waals surface area contributed by atoms with Gasteiger partial charge in [-0.2, -0.15) is 5.26 Å². The maximum Gasteiger partial charge on any atom is 0.355 e. The summed E-state index contributed by atoms with van der Waals surface area (Å²) >= 11 is 13.4. The highest BCUT2D eigenvalue weighted by Gasteiger charge is 2.44. The first kappa shape index (κ1) is 25.6. The van der Waals surface area contributed by atoms with Crippen molar-refractivity contribution < 1.29 is 23.8 Å². The fourth-order valence-electron chi connectivity index (χ4n) is 3.70. The number of halogens is 3. The molecule has 1 atom stereocenters. The fraction of sp³-hybridized carbons (Fsp3) is 0.174. The van der Waals surface area contributed by atoms with Gasteiger partial charge >= 0.3 is 11.9 Å². The Kier molecular flexibility index (Phi) is 7.92. The van der Waals surface area contributed by atoms with Gasteiger partial charge in [0.25, 0.3) is 0 Å². The summed E-state index contributed by atoms with van der Waals surface area (Å²) in [6.45, 7) is 0. The van der Waals surface area contributed by atoms with Crippen molar-refractivity contribution in [3.8, 4) is 11.8 Å². The van der Waals surface area contributed by atoms with Gasteiger partial charge in [0.15, 0.2) is 0 Å². The van der Waals surface area contributed by atoms with E-state index in [-0.39, 0.29) is 33.4 Å². The van der Waals surface area contributed by atoms with Crippen molar-refractivity contribution in [1.82, 2.24) is 0 Å². The lowest BCUT2D eigenvalue weighted by Gasteiger charge is -2.36. The predicted molar refractivity (Wildman–Crippen MR) is 133 cm³/mol. The summed E-state index contributed by atoms with van der Waals surface area (Å²) in [4.78, 5) is 27.5. The molecule has 1 heterocycles. The largest absolute Gasteiger partial charge is 0.494 e. The van der Waals surface area contributed by atoms with Crippen molar-refractivity contribution in [2.24, 2.45) is 5.73 Å². The molecule has 1 aliphatic heterocycles. The van der Waals surface area contributed by atoms with Gasteiger partial charge in [-0.15, -0.1) is 0 Å². The molecule has 2 aromatic rings. The molecular weight excluding hydrogens is 594 g/mol. The number of anilines is 1. The molecule has 0 bridgehead atoms. The molecule has 3 rings (SSSR count). The number of carbonyl (C=O) groups excluding carboxylic acids is 2. The molecule has 1 aliphatic rings. The monoisotopic (exact) mass is 609 g/mol. The second kappa shape index (κ2) is 10.5. The zero-order chi connectivity index (χ0) is 25.2. The number of methoxy groups -OCH3 is 3. The van der Waals surface area contributed by atoms with E-state index in [1.54, 1.807) is 30.3 Å². The molecule has 8 nitrogen and oxygen atoms in total. The molecule has 11 heteroatoms. The van der Waals surface area contributed by atoms with E-state index in [1.165, 1.54) is 32.3 Å². The van der Waals surface area contributed by atoms with Crippen LogP contribution < -0.4 is 15.4 Å². The number of nitrogens with two attached hydrogens (primary N) is 1. The maximum absolute atomic E-state index is 13.2. The third-order valence-corrected chi connectivity index (χ3v) is 6.75. The summed E-state index contributed by atoms with van der Waals surface area (Å²) in [5.74, 6) is -2.48. The van der Waals surface area contributed by atoms with Gasteiger partial charge in [-0.25, -0.2) is 9.59 Å². The number of rotatable bonds is 5. The summed E-state index contributed by atoms with van der Waals surface area (Å²) in [6.07, 6.45) is 0. The van der Waals surface area contributed by atoms with Crippen LogP contribution in [0.1, 0.15) is 11.5 Å². The quantitative estimate of drug-likeness (QED) is 0.481. The average molecular weight is 612 g/mol. The van der Waals surface area contributed by atoms with E-state index >= 15 is 0 Å². The summed E-state index contributed by atoms with van der Waals surface area (Å²) in [7, 11) is 3.79. The lowest BCUT2D eigenvalue weighted by Crippen LogP contribution is -2.41. The van der Waals surface area contributed by atoms with Crippen LogP contribution in [0.2, 0.25) is 5.02 Å². The minimum Gasteiger partial charge on any atom is -0.494 e. The number of allylic oxidation sites excluding steroid dienone is 1. The minimum absolute atomic E-state index is 0.0177. The average Bonchev–Trinajstić information content (AvgIpc) is 2.83. The van der Waals surface area contributed by atoms with Crippen LogP contribution in [0.15, 0.2) is 68.0 Å². The van der Waals surface area contributed by atoms with Gasteiger partial charge in [-0.1, -0.05) is 41.9 Å². The van der Waals surface area contributed by atoms with Gasteiger partial charge < -0.3 is 19.9 Å². The molecule has 176 valence electrons. The van der Waals surface area contributed by atoms with Crippen molar-refractivity contribution in [2.45, 2.75) is 5.92 Å². The predicted octanol–water partition coefficient (Wildman–Crippen LogP) is 4.77. The Labute approximate surface area is 217 Å². The molecule has 0 aliphatic carbocycles. The van der Waals surface area contributed by atoms with Crippen LogP contribution in [-0.4, -0.2) is 33.3 Å². The van der Waals surface area contributed by atoms with Crippen LogP contribution in [-0.2, 0) is 19.1 Å². The summed E-state index contributed by atoms with van der Waals surface area (Å²) in [5.41, 5.74) is 6.87. The molecule has 0 spiro atoms. The Hall–Kier alpha value is -3.00. The zero-order valence-electron chi connectivity index (χ0n) is 18.2. The van der Waals surface area contributed by atoms with Crippen molar-refractivity contribution in [1.29, 1.82) is 5.26 Å². The third kappa shape index (κ3) is 4.27. The normalized spacial score (nSPS) is 15.7. The van der Waals surface area contributed by atoms with E-state index < -0.39 is 17.9 Å². The van der Waals surface area contributed by atoms with E-state index in [4.69, 9.17) is 31.5 Å². The lowest BCUT2D eigenvalue weighted by atomic mass is 9.81. The number of carbonyl (C=O) groups is 2. The number of hydrogen-bond donors (Lipinski definition) is 1. The van der Waals surface area contributed by atoms with Gasteiger partial charge in [0.05, 0.1) is 64.1 Å². The lowest BCUT2D eigenvalue weighted by molar-refractivity contribution is -0.139. The number of nitriles is 1. The Morgan fingerprint density at radius 1 is 1.12 bits per heavy atom. The molecule has 0 fully saturated rings. The van der Waals surface area contributed by atoms with E-state index in [9.17, 15) is 14.9 Å². The minimum atomic E-state index is -0.987. The third-order valence-electron chi connectivity index (χ3n) is 5.14. The van der Waals surface area contributed by atoms with Crippen molar-refractivity contribution in [3.05, 3.63) is 78.6 Å². The number of ether oxygens (including phenoxy) is 3. The van der Waals surface area contributed by atoms with Crippen molar-refractivity contribution in [2.75, 3.05) is 26.2 Å². The highest BCUT2D eigenvalue weighted by molar-refractivity contribution is 9.11. The first-order valence-electron chi connectivity index (χ1n) is 9.60. The molecule has 0 amide bonds. The number of esters is 2. The van der Waals surface area contributed by atoms with Gasteiger partial charge in [-0.05, 0) is 43.5 Å². The first-order chi connectivity index (χ1) is 16.2. The highest BCUT2D eigenvalue weighted by Crippen LogP contribution is 2.50. The SMILES string of the molecule is COC(=O)C1=C(C(=O)OC)N(c2c(Cl)cc(Br)c(OC)c2Br)C(N)=C(C#N)C1c1ccccc1. The zero-order valence-corrected chi connectivity index (χ0v) is 22.1. The first-order valence-corrected chi connectivity index (χ1v) is 11.6. The number of nitrogens with zero attached hydrogens (tertiary/aromatic N) is 2. The van der Waals surface area contributed by atoms with Crippen LogP contribution in [0.25, 0.3) is 0 Å². The van der Waals surface area contributed by atoms with Gasteiger partial charge in [0, 0.05) is 0 Å². The molecule has 34 heavy (non-hydrogen) atoms. The molecule has 2 N–H and O–H groups in total. The summed E-state index contributed by atoms with van der Waals surface area (Å²) < 4.78 is 16.3. The second-order valence-electron chi connectivity index (χ2n) is 6.87. The van der Waals surface area contributed by atoms with Crippen LogP contribution >= 0.6 is 43.5 Å². The topological polar surface area (TPSA) is 115 Å². The molecular formula is C23H18Br2ClN3O5. The molecule has 0 saturated heterocycles. The standard InChI is InChI=1S/C23H18Br2ClN3O5/c1-32-20-13(24)9-14(26)18(17(20)25)29-19(23(31)34-3)16(22(30)33-2)15(12(10-27)21(29)28)11-7-5-4-6-8-11/h4-9,15H,28H2,1-3H3. The van der Waals surface area contributed by atoms with Crippen LogP contribution in [0.4, 0.5) is 5.69 Å². The van der Waals surface area contributed by atoms with Gasteiger partial charge in [-0.3, -0.25) is 4.90 Å². The Balaban J connectivity index is 2.51. The van der Waals surface area contributed by atoms with Crippen LogP contribution in [0.3, 0.4) is 0 Å². The van der Waals surface area contributed by atoms with Gasteiger partial charge in [0.1, 0.15) is 17.3 Å². The maximum atomic E-state index is 13.2. The fourth-order valence-corrected chi connectivity index (χ4v) is 5.86. The smallest absolute Gasteiger partial charge is 0.355 e. The van der Waals surface area contributed by atoms with Crippen LogP contribution in [0.5, 0.6) is 5.75 Å². The Morgan fingerprint density at radius 2 is 1.74 bits per heavy atom. The second-order valence-corrected chi connectivity index (χ2v) is 8.93. The van der Waals surface area contributed by atoms with E-state index in [2.05, 4.69) is 37.9 Å².